The number of hydrogen-bond acceptors (Lipinski definition) is 4. The maximum atomic E-state index is 5.61. The quantitative estimate of drug-likeness (QED) is 0.615. The second kappa shape index (κ2) is 3.30. The van der Waals surface area contributed by atoms with Crippen molar-refractivity contribution in [3.05, 3.63) is 0 Å². The van der Waals surface area contributed by atoms with Crippen molar-refractivity contribution in [2.24, 2.45) is 11.8 Å². The van der Waals surface area contributed by atoms with Crippen molar-refractivity contribution in [3.8, 4) is 0 Å². The molecule has 1 aliphatic carbocycles. The molecule has 2 aliphatic rings. The van der Waals surface area contributed by atoms with Gasteiger partial charge in [-0.1, -0.05) is 0 Å². The Morgan fingerprint density at radius 2 is 2.17 bits per heavy atom. The van der Waals surface area contributed by atoms with Crippen molar-refractivity contribution >= 4 is 0 Å². The van der Waals surface area contributed by atoms with E-state index in [2.05, 4.69) is 4.84 Å². The van der Waals surface area contributed by atoms with Crippen LogP contribution in [0.25, 0.3) is 0 Å². The van der Waals surface area contributed by atoms with Crippen molar-refractivity contribution in [1.82, 2.24) is 0 Å². The molecule has 1 heterocycles. The second-order valence-electron chi connectivity index (χ2n) is 3.43. The molecule has 0 bridgehead atoms. The number of hydrogen-bond donors (Lipinski definition) is 1. The van der Waals surface area contributed by atoms with Gasteiger partial charge in [-0.15, -0.1) is 0 Å². The van der Waals surface area contributed by atoms with E-state index in [1.165, 1.54) is 0 Å². The molecular formula is C8H15NO3. The van der Waals surface area contributed by atoms with Crippen LogP contribution in [0.5, 0.6) is 0 Å². The zero-order valence-electron chi connectivity index (χ0n) is 7.12. The van der Waals surface area contributed by atoms with Gasteiger partial charge in [0.1, 0.15) is 0 Å². The van der Waals surface area contributed by atoms with Crippen LogP contribution in [-0.2, 0) is 14.3 Å². The van der Waals surface area contributed by atoms with Gasteiger partial charge in [-0.25, -0.2) is 5.90 Å². The van der Waals surface area contributed by atoms with Crippen LogP contribution >= 0.6 is 0 Å². The average molecular weight is 173 g/mol. The third-order valence-electron chi connectivity index (χ3n) is 2.77. The van der Waals surface area contributed by atoms with Crippen LogP contribution in [0.1, 0.15) is 19.3 Å². The van der Waals surface area contributed by atoms with E-state index in [0.717, 1.165) is 19.3 Å². The molecule has 4 heteroatoms. The fraction of sp³-hybridized carbons (Fsp3) is 1.00. The monoisotopic (exact) mass is 173 g/mol. The van der Waals surface area contributed by atoms with Gasteiger partial charge >= 0.3 is 0 Å². The fourth-order valence-electron chi connectivity index (χ4n) is 2.20. The zero-order valence-corrected chi connectivity index (χ0v) is 7.12. The molecule has 0 aromatic heterocycles. The highest BCUT2D eigenvalue weighted by molar-refractivity contribution is 4.88. The highest BCUT2D eigenvalue weighted by Crippen LogP contribution is 2.42. The van der Waals surface area contributed by atoms with Gasteiger partial charge in [0.25, 0.3) is 0 Å². The van der Waals surface area contributed by atoms with Gasteiger partial charge in [0.2, 0.25) is 0 Å². The lowest BCUT2D eigenvalue weighted by Gasteiger charge is -2.28. The Bertz CT molecular complexity index is 151. The lowest BCUT2D eigenvalue weighted by Crippen LogP contribution is -2.37. The Kier molecular flexibility index (Phi) is 2.32. The van der Waals surface area contributed by atoms with E-state index in [9.17, 15) is 0 Å². The van der Waals surface area contributed by atoms with Crippen molar-refractivity contribution in [3.63, 3.8) is 0 Å². The smallest absolute Gasteiger partial charge is 0.173 e. The first-order chi connectivity index (χ1) is 5.87. The summed E-state index contributed by atoms with van der Waals surface area (Å²) < 4.78 is 11.2. The van der Waals surface area contributed by atoms with E-state index in [1.54, 1.807) is 0 Å². The highest BCUT2D eigenvalue weighted by Gasteiger charge is 2.47. The molecule has 0 aromatic rings. The SMILES string of the molecule is NOCC1CCCC12OCCO2. The minimum Gasteiger partial charge on any atom is -0.347 e. The first kappa shape index (κ1) is 8.44. The highest BCUT2D eigenvalue weighted by atomic mass is 16.7. The number of rotatable bonds is 2. The van der Waals surface area contributed by atoms with Crippen LogP contribution in [0.15, 0.2) is 0 Å². The van der Waals surface area contributed by atoms with Gasteiger partial charge in [-0.05, 0) is 12.8 Å². The molecule has 2 rings (SSSR count). The first-order valence-corrected chi connectivity index (χ1v) is 4.47. The summed E-state index contributed by atoms with van der Waals surface area (Å²) in [6, 6.07) is 0. The maximum Gasteiger partial charge on any atom is 0.173 e. The molecule has 0 radical (unpaired) electrons. The summed E-state index contributed by atoms with van der Waals surface area (Å²) in [6.07, 6.45) is 3.23. The summed E-state index contributed by atoms with van der Waals surface area (Å²) in [7, 11) is 0. The van der Waals surface area contributed by atoms with Crippen molar-refractivity contribution in [1.29, 1.82) is 0 Å². The lowest BCUT2D eigenvalue weighted by molar-refractivity contribution is -0.192. The third kappa shape index (κ3) is 1.25. The Morgan fingerprint density at radius 1 is 1.42 bits per heavy atom. The van der Waals surface area contributed by atoms with Crippen LogP contribution < -0.4 is 5.90 Å². The lowest BCUT2D eigenvalue weighted by atomic mass is 10.0. The van der Waals surface area contributed by atoms with Gasteiger partial charge in [0, 0.05) is 12.3 Å². The Morgan fingerprint density at radius 3 is 2.83 bits per heavy atom. The van der Waals surface area contributed by atoms with E-state index in [1.807, 2.05) is 0 Å². The van der Waals surface area contributed by atoms with Crippen molar-refractivity contribution in [2.75, 3.05) is 19.8 Å². The van der Waals surface area contributed by atoms with Crippen LogP contribution in [0.3, 0.4) is 0 Å². The van der Waals surface area contributed by atoms with E-state index >= 15 is 0 Å². The molecule has 1 atom stereocenters. The molecule has 0 amide bonds. The molecule has 1 saturated heterocycles. The topological polar surface area (TPSA) is 53.7 Å². The second-order valence-corrected chi connectivity index (χ2v) is 3.43. The molecule has 2 N–H and O–H groups in total. The summed E-state index contributed by atoms with van der Waals surface area (Å²) >= 11 is 0. The van der Waals surface area contributed by atoms with Gasteiger partial charge in [-0.2, -0.15) is 0 Å². The summed E-state index contributed by atoms with van der Waals surface area (Å²) in [5, 5.41) is 0. The normalized spacial score (nSPS) is 33.2. The van der Waals surface area contributed by atoms with E-state index in [-0.39, 0.29) is 5.79 Å². The Hall–Kier alpha value is -0.160. The maximum absolute atomic E-state index is 5.61. The average Bonchev–Trinajstić information content (AvgIpc) is 2.66. The fourth-order valence-corrected chi connectivity index (χ4v) is 2.20. The predicted molar refractivity (Wildman–Crippen MR) is 42.1 cm³/mol. The van der Waals surface area contributed by atoms with Crippen LogP contribution in [-0.4, -0.2) is 25.6 Å². The minimum absolute atomic E-state index is 0.324. The molecule has 12 heavy (non-hydrogen) atoms. The molecule has 2 fully saturated rings. The van der Waals surface area contributed by atoms with E-state index in [4.69, 9.17) is 15.4 Å². The van der Waals surface area contributed by atoms with Crippen LogP contribution in [0, 0.1) is 5.92 Å². The molecule has 0 aromatic carbocycles. The molecule has 70 valence electrons. The Labute approximate surface area is 71.9 Å². The standard InChI is InChI=1S/C8H15NO3/c9-12-6-7-2-1-3-8(7)10-4-5-11-8/h7H,1-6,9H2. The van der Waals surface area contributed by atoms with Crippen LogP contribution in [0.4, 0.5) is 0 Å². The predicted octanol–water partition coefficient (Wildman–Crippen LogP) is 0.420. The van der Waals surface area contributed by atoms with Gasteiger partial charge in [0.15, 0.2) is 5.79 Å². The van der Waals surface area contributed by atoms with Gasteiger partial charge in [0.05, 0.1) is 19.8 Å². The molecule has 1 unspecified atom stereocenters. The molecule has 1 spiro atoms. The van der Waals surface area contributed by atoms with Gasteiger partial charge < -0.3 is 14.3 Å². The van der Waals surface area contributed by atoms with Crippen molar-refractivity contribution < 1.29 is 14.3 Å². The summed E-state index contributed by atoms with van der Waals surface area (Å²) in [5.74, 6) is 5.02. The van der Waals surface area contributed by atoms with E-state index in [0.29, 0.717) is 25.7 Å². The van der Waals surface area contributed by atoms with Crippen molar-refractivity contribution in [2.45, 2.75) is 25.0 Å². The van der Waals surface area contributed by atoms with E-state index < -0.39 is 0 Å². The zero-order chi connectivity index (χ0) is 8.44. The third-order valence-corrected chi connectivity index (χ3v) is 2.77. The molecule has 1 aliphatic heterocycles. The minimum atomic E-state index is -0.348. The van der Waals surface area contributed by atoms with Crippen LogP contribution in [0.2, 0.25) is 0 Å². The van der Waals surface area contributed by atoms with Gasteiger partial charge in [-0.3, -0.25) is 0 Å². The molecular weight excluding hydrogens is 158 g/mol. The number of ether oxygens (including phenoxy) is 2. The first-order valence-electron chi connectivity index (χ1n) is 4.47. The molecule has 4 nitrogen and oxygen atoms in total. The molecule has 1 saturated carbocycles. The largest absolute Gasteiger partial charge is 0.347 e. The summed E-state index contributed by atoms with van der Waals surface area (Å²) in [5.41, 5.74) is 0. The number of nitrogens with two attached hydrogens (primary N) is 1. The summed E-state index contributed by atoms with van der Waals surface area (Å²) in [4.78, 5) is 4.65. The Balaban J connectivity index is 2.01. The summed E-state index contributed by atoms with van der Waals surface area (Å²) in [6.45, 7) is 1.96.